The zero-order valence-corrected chi connectivity index (χ0v) is 12.0. The zero-order chi connectivity index (χ0) is 12.5. The van der Waals surface area contributed by atoms with E-state index in [2.05, 4.69) is 83.6 Å². The number of halogens is 1. The van der Waals surface area contributed by atoms with Gasteiger partial charge in [-0.15, -0.1) is 0 Å². The molecule has 2 aromatic rings. The minimum atomic E-state index is 0.0730. The van der Waals surface area contributed by atoms with Crippen molar-refractivity contribution >= 4 is 26.8 Å². The quantitative estimate of drug-likeness (QED) is 0.684. The molecule has 0 N–H and O–H groups in total. The highest BCUT2D eigenvalue weighted by molar-refractivity contribution is 9.10. The summed E-state index contributed by atoms with van der Waals surface area (Å²) in [4.78, 5) is 0. The number of fused-ring (bicyclic) bond motifs is 1. The van der Waals surface area contributed by atoms with Crippen LogP contribution in [0.15, 0.2) is 34.9 Å². The van der Waals surface area contributed by atoms with Crippen LogP contribution in [0.3, 0.4) is 0 Å². The second-order valence-electron chi connectivity index (χ2n) is 5.17. The van der Waals surface area contributed by atoms with Gasteiger partial charge < -0.3 is 4.57 Å². The van der Waals surface area contributed by atoms with Crippen LogP contribution in [-0.4, -0.2) is 4.57 Å². The van der Waals surface area contributed by atoms with E-state index in [0.717, 1.165) is 11.0 Å². The topological polar surface area (TPSA) is 4.93 Å². The van der Waals surface area contributed by atoms with Gasteiger partial charge in [0.25, 0.3) is 0 Å². The highest BCUT2D eigenvalue weighted by Gasteiger charge is 2.04. The molecule has 88 valence electrons. The molecular formula is C15H16BrN. The lowest BCUT2D eigenvalue weighted by atomic mass is 9.98. The first-order valence-corrected chi connectivity index (χ1v) is 6.50. The molecule has 0 fully saturated rings. The van der Waals surface area contributed by atoms with E-state index < -0.39 is 0 Å². The van der Waals surface area contributed by atoms with E-state index in [1.54, 1.807) is 0 Å². The Hall–Kier alpha value is -1.20. The fourth-order valence-electron chi connectivity index (χ4n) is 1.71. The summed E-state index contributed by atoms with van der Waals surface area (Å²) in [5.41, 5.74) is 1.30. The van der Waals surface area contributed by atoms with Crippen molar-refractivity contribution in [3.63, 3.8) is 0 Å². The van der Waals surface area contributed by atoms with Gasteiger partial charge in [-0.05, 0) is 39.0 Å². The number of benzene rings is 1. The summed E-state index contributed by atoms with van der Waals surface area (Å²) in [7, 11) is 0. The summed E-state index contributed by atoms with van der Waals surface area (Å²) in [6, 6.07) is 8.37. The molecular weight excluding hydrogens is 274 g/mol. The van der Waals surface area contributed by atoms with Gasteiger partial charge in [0, 0.05) is 27.0 Å². The van der Waals surface area contributed by atoms with Crippen LogP contribution in [0.25, 0.3) is 10.9 Å². The van der Waals surface area contributed by atoms with Gasteiger partial charge in [0.1, 0.15) is 0 Å². The summed E-state index contributed by atoms with van der Waals surface area (Å²) < 4.78 is 3.32. The number of rotatable bonds is 1. The molecule has 0 atom stereocenters. The molecule has 0 radical (unpaired) electrons. The van der Waals surface area contributed by atoms with Gasteiger partial charge in [0.05, 0.1) is 6.54 Å². The lowest BCUT2D eigenvalue weighted by Crippen LogP contribution is -2.01. The van der Waals surface area contributed by atoms with Gasteiger partial charge >= 0.3 is 0 Å². The third-order valence-corrected chi connectivity index (χ3v) is 3.16. The van der Waals surface area contributed by atoms with Crippen LogP contribution < -0.4 is 0 Å². The molecule has 0 unspecified atom stereocenters. The maximum absolute atomic E-state index is 3.56. The molecule has 0 aliphatic carbocycles. The Morgan fingerprint density at radius 2 is 2.00 bits per heavy atom. The van der Waals surface area contributed by atoms with Crippen molar-refractivity contribution in [1.82, 2.24) is 4.57 Å². The molecule has 0 spiro atoms. The van der Waals surface area contributed by atoms with E-state index in [9.17, 15) is 0 Å². The van der Waals surface area contributed by atoms with Crippen molar-refractivity contribution < 1.29 is 0 Å². The smallest absolute Gasteiger partial charge is 0.0837 e. The van der Waals surface area contributed by atoms with Crippen molar-refractivity contribution in [3.8, 4) is 11.8 Å². The summed E-state index contributed by atoms with van der Waals surface area (Å²) in [6.45, 7) is 7.14. The van der Waals surface area contributed by atoms with Crippen LogP contribution >= 0.6 is 15.9 Å². The second kappa shape index (κ2) is 4.58. The molecule has 1 nitrogen and oxygen atoms in total. The van der Waals surface area contributed by atoms with Crippen LogP contribution in [0.4, 0.5) is 0 Å². The average Bonchev–Trinajstić information content (AvgIpc) is 2.61. The number of hydrogen-bond acceptors (Lipinski definition) is 0. The summed E-state index contributed by atoms with van der Waals surface area (Å²) >= 11 is 3.56. The molecule has 0 amide bonds. The monoisotopic (exact) mass is 289 g/mol. The van der Waals surface area contributed by atoms with Crippen molar-refractivity contribution in [1.29, 1.82) is 0 Å². The normalized spacial score (nSPS) is 11.3. The molecule has 0 bridgehead atoms. The van der Waals surface area contributed by atoms with Crippen molar-refractivity contribution in [2.75, 3.05) is 0 Å². The second-order valence-corrected chi connectivity index (χ2v) is 6.02. The van der Waals surface area contributed by atoms with Gasteiger partial charge in [-0.3, -0.25) is 0 Å². The third kappa shape index (κ3) is 2.92. The van der Waals surface area contributed by atoms with Gasteiger partial charge in [0.2, 0.25) is 0 Å². The molecule has 2 rings (SSSR count). The standard InChI is InChI=1S/C15H16BrN/c1-15(2,3)9-5-10-17-11-8-12-13(16)6-4-7-14(12)17/h4,6-8,11H,10H2,1-3H3. The lowest BCUT2D eigenvalue weighted by molar-refractivity contribution is 0.569. The lowest BCUT2D eigenvalue weighted by Gasteiger charge is -2.07. The van der Waals surface area contributed by atoms with Crippen molar-refractivity contribution in [3.05, 3.63) is 34.9 Å². The van der Waals surface area contributed by atoms with Crippen molar-refractivity contribution in [2.24, 2.45) is 5.41 Å². The SMILES string of the molecule is CC(C)(C)C#CCn1ccc2c(Br)cccc21. The predicted molar refractivity (Wildman–Crippen MR) is 76.9 cm³/mol. The van der Waals surface area contributed by atoms with E-state index in [-0.39, 0.29) is 5.41 Å². The summed E-state index contributed by atoms with van der Waals surface area (Å²) in [5.74, 6) is 6.49. The minimum Gasteiger partial charge on any atom is -0.336 e. The van der Waals surface area contributed by atoms with E-state index in [0.29, 0.717) is 0 Å². The maximum Gasteiger partial charge on any atom is 0.0837 e. The predicted octanol–water partition coefficient (Wildman–Crippen LogP) is 4.45. The Balaban J connectivity index is 2.31. The van der Waals surface area contributed by atoms with Crippen LogP contribution in [0.1, 0.15) is 20.8 Å². The first-order valence-electron chi connectivity index (χ1n) is 5.71. The van der Waals surface area contributed by atoms with E-state index in [1.165, 1.54) is 10.9 Å². The maximum atomic E-state index is 3.56. The zero-order valence-electron chi connectivity index (χ0n) is 10.4. The minimum absolute atomic E-state index is 0.0730. The molecule has 2 heteroatoms. The number of nitrogens with zero attached hydrogens (tertiary/aromatic N) is 1. The van der Waals surface area contributed by atoms with Gasteiger partial charge in [-0.1, -0.05) is 33.8 Å². The molecule has 1 aromatic carbocycles. The molecule has 1 aromatic heterocycles. The molecule has 17 heavy (non-hydrogen) atoms. The fraction of sp³-hybridized carbons (Fsp3) is 0.333. The average molecular weight is 290 g/mol. The van der Waals surface area contributed by atoms with Crippen LogP contribution in [0.5, 0.6) is 0 Å². The van der Waals surface area contributed by atoms with E-state index in [4.69, 9.17) is 0 Å². The van der Waals surface area contributed by atoms with E-state index in [1.807, 2.05) is 0 Å². The van der Waals surface area contributed by atoms with Gasteiger partial charge in [-0.25, -0.2) is 0 Å². The Morgan fingerprint density at radius 3 is 2.71 bits per heavy atom. The Kier molecular flexibility index (Phi) is 3.31. The Morgan fingerprint density at radius 1 is 1.24 bits per heavy atom. The molecule has 0 saturated heterocycles. The molecule has 0 saturated carbocycles. The highest BCUT2D eigenvalue weighted by Crippen LogP contribution is 2.24. The third-order valence-electron chi connectivity index (χ3n) is 2.47. The Labute approximate surface area is 111 Å². The van der Waals surface area contributed by atoms with Crippen LogP contribution in [0, 0.1) is 17.3 Å². The largest absolute Gasteiger partial charge is 0.336 e. The number of aromatic nitrogens is 1. The van der Waals surface area contributed by atoms with Crippen LogP contribution in [0.2, 0.25) is 0 Å². The summed E-state index contributed by atoms with van der Waals surface area (Å²) in [6.07, 6.45) is 2.09. The molecule has 0 aliphatic rings. The van der Waals surface area contributed by atoms with E-state index >= 15 is 0 Å². The fourth-order valence-corrected chi connectivity index (χ4v) is 2.20. The number of hydrogen-bond donors (Lipinski definition) is 0. The van der Waals surface area contributed by atoms with Gasteiger partial charge in [-0.2, -0.15) is 0 Å². The molecule has 0 aliphatic heterocycles. The first-order chi connectivity index (χ1) is 7.97. The Bertz CT molecular complexity index is 591. The highest BCUT2D eigenvalue weighted by atomic mass is 79.9. The van der Waals surface area contributed by atoms with Gasteiger partial charge in [0.15, 0.2) is 0 Å². The van der Waals surface area contributed by atoms with Crippen molar-refractivity contribution in [2.45, 2.75) is 27.3 Å². The summed E-state index contributed by atoms with van der Waals surface area (Å²) in [5, 5.41) is 1.24. The first kappa shape index (κ1) is 12.3. The van der Waals surface area contributed by atoms with Crippen LogP contribution in [-0.2, 0) is 6.54 Å². The molecule has 1 heterocycles.